The van der Waals surface area contributed by atoms with Gasteiger partial charge in [-0.05, 0) is 25.1 Å². The summed E-state index contributed by atoms with van der Waals surface area (Å²) in [5.41, 5.74) is 0.739. The first-order chi connectivity index (χ1) is 9.10. The molecular formula is C15H13FN2O. The fraction of sp³-hybridized carbons (Fsp3) is 0.133. The number of amides is 1. The monoisotopic (exact) mass is 256 g/mol. The lowest BCUT2D eigenvalue weighted by molar-refractivity contribution is 0.0905. The van der Waals surface area contributed by atoms with Crippen molar-refractivity contribution in [2.75, 3.05) is 5.32 Å². The third kappa shape index (κ3) is 1.85. The summed E-state index contributed by atoms with van der Waals surface area (Å²) >= 11 is 0. The van der Waals surface area contributed by atoms with Crippen LogP contribution in [0.1, 0.15) is 22.8 Å². The zero-order valence-electron chi connectivity index (χ0n) is 10.4. The molecule has 0 fully saturated rings. The molecule has 2 N–H and O–H groups in total. The minimum absolute atomic E-state index is 0.208. The average Bonchev–Trinajstić information content (AvgIpc) is 2.39. The molecule has 0 bridgehead atoms. The van der Waals surface area contributed by atoms with E-state index in [-0.39, 0.29) is 11.7 Å². The largest absolute Gasteiger partial charge is 0.359 e. The van der Waals surface area contributed by atoms with Gasteiger partial charge < -0.3 is 10.6 Å². The van der Waals surface area contributed by atoms with E-state index in [1.165, 1.54) is 6.07 Å². The van der Waals surface area contributed by atoms with Crippen LogP contribution in [0.25, 0.3) is 0 Å². The summed E-state index contributed by atoms with van der Waals surface area (Å²) in [6.07, 6.45) is 0. The number of anilines is 1. The first-order valence-corrected chi connectivity index (χ1v) is 6.05. The number of hydrogen-bond acceptors (Lipinski definition) is 2. The van der Waals surface area contributed by atoms with Gasteiger partial charge in [0.2, 0.25) is 0 Å². The topological polar surface area (TPSA) is 41.1 Å². The highest BCUT2D eigenvalue weighted by atomic mass is 19.1. The fourth-order valence-corrected chi connectivity index (χ4v) is 2.39. The van der Waals surface area contributed by atoms with Gasteiger partial charge in [-0.15, -0.1) is 0 Å². The molecule has 1 aliphatic rings. The zero-order chi connectivity index (χ0) is 13.5. The highest BCUT2D eigenvalue weighted by molar-refractivity contribution is 6.02. The van der Waals surface area contributed by atoms with Crippen molar-refractivity contribution in [3.05, 3.63) is 65.5 Å². The first-order valence-electron chi connectivity index (χ1n) is 6.05. The van der Waals surface area contributed by atoms with Crippen LogP contribution in [-0.4, -0.2) is 5.91 Å². The molecule has 0 radical (unpaired) electrons. The summed E-state index contributed by atoms with van der Waals surface area (Å²) in [7, 11) is 0. The second-order valence-corrected chi connectivity index (χ2v) is 4.73. The van der Waals surface area contributed by atoms with Gasteiger partial charge in [0.05, 0.1) is 5.56 Å². The second-order valence-electron chi connectivity index (χ2n) is 4.73. The summed E-state index contributed by atoms with van der Waals surface area (Å²) in [6.45, 7) is 1.75. The van der Waals surface area contributed by atoms with Crippen LogP contribution in [0.5, 0.6) is 0 Å². The van der Waals surface area contributed by atoms with Gasteiger partial charge in [-0.3, -0.25) is 4.79 Å². The van der Waals surface area contributed by atoms with Crippen molar-refractivity contribution >= 4 is 11.6 Å². The Morgan fingerprint density at radius 2 is 1.68 bits per heavy atom. The molecular weight excluding hydrogens is 243 g/mol. The minimum atomic E-state index is -0.948. The number of para-hydroxylation sites is 1. The molecule has 1 unspecified atom stereocenters. The van der Waals surface area contributed by atoms with Crippen molar-refractivity contribution in [3.63, 3.8) is 0 Å². The molecule has 1 amide bonds. The Bertz CT molecular complexity index is 656. The normalized spacial score (nSPS) is 21.3. The van der Waals surface area contributed by atoms with Gasteiger partial charge in [0.1, 0.15) is 11.5 Å². The van der Waals surface area contributed by atoms with Crippen LogP contribution in [0.15, 0.2) is 48.5 Å². The minimum Gasteiger partial charge on any atom is -0.359 e. The highest BCUT2D eigenvalue weighted by Gasteiger charge is 2.36. The molecule has 1 heterocycles. The van der Waals surface area contributed by atoms with E-state index in [2.05, 4.69) is 10.6 Å². The van der Waals surface area contributed by atoms with Gasteiger partial charge >= 0.3 is 0 Å². The van der Waals surface area contributed by atoms with E-state index in [0.717, 1.165) is 0 Å². The number of carbonyl (C=O) groups is 1. The molecule has 0 aromatic heterocycles. The highest BCUT2D eigenvalue weighted by Crippen LogP contribution is 2.31. The first kappa shape index (κ1) is 11.7. The summed E-state index contributed by atoms with van der Waals surface area (Å²) in [5, 5.41) is 6.00. The van der Waals surface area contributed by atoms with Gasteiger partial charge in [-0.25, -0.2) is 4.39 Å². The molecule has 1 aliphatic heterocycles. The molecule has 2 aromatic carbocycles. The molecule has 19 heavy (non-hydrogen) atoms. The van der Waals surface area contributed by atoms with E-state index in [1.807, 2.05) is 12.1 Å². The molecule has 0 aliphatic carbocycles. The molecule has 4 heteroatoms. The molecule has 0 saturated carbocycles. The van der Waals surface area contributed by atoms with Crippen molar-refractivity contribution in [1.82, 2.24) is 5.32 Å². The van der Waals surface area contributed by atoms with Gasteiger partial charge in [-0.1, -0.05) is 30.3 Å². The van der Waals surface area contributed by atoms with Crippen molar-refractivity contribution in [3.8, 4) is 0 Å². The molecule has 3 rings (SSSR count). The van der Waals surface area contributed by atoms with Gasteiger partial charge in [0.15, 0.2) is 0 Å². The number of nitrogens with one attached hydrogen (secondary N) is 2. The summed E-state index contributed by atoms with van der Waals surface area (Å²) in [5.74, 6) is -0.558. The van der Waals surface area contributed by atoms with Crippen LogP contribution < -0.4 is 10.6 Å². The van der Waals surface area contributed by atoms with Crippen LogP contribution in [0.2, 0.25) is 0 Å². The van der Waals surface area contributed by atoms with Crippen LogP contribution in [0.3, 0.4) is 0 Å². The Balaban J connectivity index is 2.09. The predicted octanol–water partition coefficient (Wildman–Crippen LogP) is 2.85. The predicted molar refractivity (Wildman–Crippen MR) is 71.3 cm³/mol. The zero-order valence-corrected chi connectivity index (χ0v) is 10.4. The Kier molecular flexibility index (Phi) is 2.52. The summed E-state index contributed by atoms with van der Waals surface area (Å²) in [6, 6.07) is 13.6. The summed E-state index contributed by atoms with van der Waals surface area (Å²) in [4.78, 5) is 12.1. The maximum absolute atomic E-state index is 13.9. The van der Waals surface area contributed by atoms with Crippen LogP contribution in [0.4, 0.5) is 10.1 Å². The summed E-state index contributed by atoms with van der Waals surface area (Å²) < 4.78 is 13.9. The smallest absolute Gasteiger partial charge is 0.255 e. The maximum Gasteiger partial charge on any atom is 0.255 e. The van der Waals surface area contributed by atoms with Crippen LogP contribution in [-0.2, 0) is 5.66 Å². The SMILES string of the molecule is CC1(c2ccccc2F)NC(=O)c2ccccc2N1. The third-order valence-corrected chi connectivity index (χ3v) is 3.33. The lowest BCUT2D eigenvalue weighted by Gasteiger charge is -2.38. The van der Waals surface area contributed by atoms with E-state index in [9.17, 15) is 9.18 Å². The number of carbonyl (C=O) groups excluding carboxylic acids is 1. The number of hydrogen-bond donors (Lipinski definition) is 2. The molecule has 2 aromatic rings. The van der Waals surface area contributed by atoms with Gasteiger partial charge in [0, 0.05) is 11.3 Å². The number of fused-ring (bicyclic) bond motifs is 1. The van der Waals surface area contributed by atoms with E-state index in [1.54, 1.807) is 37.3 Å². The Hall–Kier alpha value is -2.36. The maximum atomic E-state index is 13.9. The Morgan fingerprint density at radius 1 is 1.00 bits per heavy atom. The lowest BCUT2D eigenvalue weighted by atomic mass is 9.96. The second kappa shape index (κ2) is 4.09. The van der Waals surface area contributed by atoms with Crippen molar-refractivity contribution in [2.24, 2.45) is 0 Å². The quantitative estimate of drug-likeness (QED) is 0.823. The van der Waals surface area contributed by atoms with Crippen LogP contribution >= 0.6 is 0 Å². The third-order valence-electron chi connectivity index (χ3n) is 3.33. The van der Waals surface area contributed by atoms with Gasteiger partial charge in [-0.2, -0.15) is 0 Å². The van der Waals surface area contributed by atoms with E-state index >= 15 is 0 Å². The van der Waals surface area contributed by atoms with Crippen molar-refractivity contribution < 1.29 is 9.18 Å². The Morgan fingerprint density at radius 3 is 2.47 bits per heavy atom. The number of halogens is 1. The van der Waals surface area contributed by atoms with Gasteiger partial charge in [0.25, 0.3) is 5.91 Å². The average molecular weight is 256 g/mol. The van der Waals surface area contributed by atoms with E-state index in [4.69, 9.17) is 0 Å². The van der Waals surface area contributed by atoms with E-state index in [0.29, 0.717) is 16.8 Å². The Labute approximate surface area is 110 Å². The molecule has 96 valence electrons. The number of rotatable bonds is 1. The molecule has 0 saturated heterocycles. The molecule has 3 nitrogen and oxygen atoms in total. The number of benzene rings is 2. The fourth-order valence-electron chi connectivity index (χ4n) is 2.39. The van der Waals surface area contributed by atoms with Crippen molar-refractivity contribution in [1.29, 1.82) is 0 Å². The van der Waals surface area contributed by atoms with Crippen molar-refractivity contribution in [2.45, 2.75) is 12.6 Å². The van der Waals surface area contributed by atoms with E-state index < -0.39 is 5.66 Å². The standard InChI is InChI=1S/C15H13FN2O/c1-15(11-7-3-4-8-12(11)16)17-13-9-5-2-6-10(13)14(19)18-15/h2-9,17H,1H3,(H,18,19). The van der Waals surface area contributed by atoms with Crippen LogP contribution in [0, 0.1) is 5.82 Å². The lowest BCUT2D eigenvalue weighted by Crippen LogP contribution is -2.53. The molecule has 0 spiro atoms. The molecule has 1 atom stereocenters.